The lowest BCUT2D eigenvalue weighted by Crippen LogP contribution is -2.05. The fourth-order valence-corrected chi connectivity index (χ4v) is 2.63. The Labute approximate surface area is 115 Å². The summed E-state index contributed by atoms with van der Waals surface area (Å²) < 4.78 is 5.73. The minimum Gasteiger partial charge on any atom is -0.491 e. The van der Waals surface area contributed by atoms with E-state index in [4.69, 9.17) is 10.5 Å². The molecule has 4 nitrogen and oxygen atoms in total. The molecule has 3 N–H and O–H groups in total. The number of nitrogen functional groups attached to an aromatic ring is 1. The number of aromatic amines is 1. The van der Waals surface area contributed by atoms with Gasteiger partial charge in [-0.2, -0.15) is 0 Å². The molecule has 2 aromatic heterocycles. The molecule has 0 bridgehead atoms. The molecule has 0 aliphatic rings. The van der Waals surface area contributed by atoms with Gasteiger partial charge in [0.2, 0.25) is 0 Å². The summed E-state index contributed by atoms with van der Waals surface area (Å²) in [5, 5.41) is 3.65. The van der Waals surface area contributed by atoms with Gasteiger partial charge >= 0.3 is 0 Å². The Morgan fingerprint density at radius 2 is 2.21 bits per heavy atom. The second-order valence-corrected chi connectivity index (χ2v) is 5.54. The highest BCUT2D eigenvalue weighted by molar-refractivity contribution is 7.13. The molecule has 2 heterocycles. The molecular weight excluding hydrogens is 258 g/mol. The van der Waals surface area contributed by atoms with Gasteiger partial charge in [-0.05, 0) is 32.0 Å². The fraction of sp³-hybridized carbons (Fsp3) is 0.214. The fourth-order valence-electron chi connectivity index (χ4n) is 2.07. The summed E-state index contributed by atoms with van der Waals surface area (Å²) in [5.41, 5.74) is 8.72. The lowest BCUT2D eigenvalue weighted by atomic mass is 10.1. The van der Waals surface area contributed by atoms with Crippen molar-refractivity contribution in [2.75, 3.05) is 5.73 Å². The Hall–Kier alpha value is -2.01. The van der Waals surface area contributed by atoms with Crippen molar-refractivity contribution in [3.63, 3.8) is 0 Å². The third-order valence-electron chi connectivity index (χ3n) is 2.82. The number of hydrogen-bond donors (Lipinski definition) is 2. The first-order chi connectivity index (χ1) is 9.13. The second kappa shape index (κ2) is 4.59. The molecule has 0 aliphatic carbocycles. The average Bonchev–Trinajstić information content (AvgIpc) is 2.94. The van der Waals surface area contributed by atoms with Crippen LogP contribution >= 0.6 is 11.3 Å². The minimum absolute atomic E-state index is 0.162. The monoisotopic (exact) mass is 273 g/mol. The van der Waals surface area contributed by atoms with Crippen LogP contribution in [0.15, 0.2) is 29.8 Å². The number of fused-ring (bicyclic) bond motifs is 1. The van der Waals surface area contributed by atoms with Gasteiger partial charge < -0.3 is 15.5 Å². The van der Waals surface area contributed by atoms with Crippen LogP contribution in [0.4, 0.5) is 5.13 Å². The molecule has 19 heavy (non-hydrogen) atoms. The number of hydrogen-bond acceptors (Lipinski definition) is 4. The summed E-state index contributed by atoms with van der Waals surface area (Å²) in [6, 6.07) is 6.03. The molecule has 0 spiro atoms. The minimum atomic E-state index is 0.162. The smallest absolute Gasteiger partial charge is 0.180 e. The van der Waals surface area contributed by atoms with Gasteiger partial charge in [0.05, 0.1) is 11.8 Å². The van der Waals surface area contributed by atoms with Crippen molar-refractivity contribution in [2.24, 2.45) is 0 Å². The Bertz CT molecular complexity index is 714. The number of nitrogens with one attached hydrogen (secondary N) is 1. The van der Waals surface area contributed by atoms with Crippen LogP contribution in [0, 0.1) is 0 Å². The van der Waals surface area contributed by atoms with Gasteiger partial charge in [-0.3, -0.25) is 0 Å². The number of H-pyrrole nitrogens is 1. The quantitative estimate of drug-likeness (QED) is 0.765. The van der Waals surface area contributed by atoms with E-state index in [9.17, 15) is 0 Å². The highest BCUT2D eigenvalue weighted by atomic mass is 32.1. The van der Waals surface area contributed by atoms with E-state index in [2.05, 4.69) is 9.97 Å². The second-order valence-electron chi connectivity index (χ2n) is 4.65. The largest absolute Gasteiger partial charge is 0.491 e. The van der Waals surface area contributed by atoms with Gasteiger partial charge in [-0.25, -0.2) is 4.98 Å². The molecular formula is C14H15N3OS. The first kappa shape index (κ1) is 12.0. The number of nitrogens with two attached hydrogens (primary N) is 1. The van der Waals surface area contributed by atoms with E-state index < -0.39 is 0 Å². The zero-order chi connectivity index (χ0) is 13.4. The molecule has 0 unspecified atom stereocenters. The maximum Gasteiger partial charge on any atom is 0.180 e. The molecule has 0 fully saturated rings. The van der Waals surface area contributed by atoms with Gasteiger partial charge in [0.15, 0.2) is 5.13 Å². The molecule has 1 aromatic carbocycles. The van der Waals surface area contributed by atoms with Crippen LogP contribution in [0.25, 0.3) is 22.2 Å². The van der Waals surface area contributed by atoms with Crippen molar-refractivity contribution >= 4 is 27.4 Å². The molecule has 0 saturated heterocycles. The van der Waals surface area contributed by atoms with Crippen LogP contribution in [-0.2, 0) is 0 Å². The maximum atomic E-state index is 5.73. The van der Waals surface area contributed by atoms with E-state index in [1.54, 1.807) is 0 Å². The van der Waals surface area contributed by atoms with Crippen molar-refractivity contribution < 1.29 is 4.74 Å². The highest BCUT2D eigenvalue weighted by Gasteiger charge is 2.10. The van der Waals surface area contributed by atoms with Gasteiger partial charge in [0.1, 0.15) is 5.75 Å². The Balaban J connectivity index is 2.10. The summed E-state index contributed by atoms with van der Waals surface area (Å²) >= 11 is 1.45. The molecule has 0 aliphatic heterocycles. The number of ether oxygens (including phenoxy) is 1. The molecule has 0 radical (unpaired) electrons. The van der Waals surface area contributed by atoms with E-state index >= 15 is 0 Å². The number of anilines is 1. The zero-order valence-corrected chi connectivity index (χ0v) is 11.6. The van der Waals surface area contributed by atoms with Crippen LogP contribution in [0.2, 0.25) is 0 Å². The first-order valence-corrected chi connectivity index (χ1v) is 7.00. The van der Waals surface area contributed by atoms with Crippen molar-refractivity contribution in [3.05, 3.63) is 29.8 Å². The van der Waals surface area contributed by atoms with Crippen molar-refractivity contribution in [1.82, 2.24) is 9.97 Å². The highest BCUT2D eigenvalue weighted by Crippen LogP contribution is 2.32. The normalized spacial score (nSPS) is 11.3. The molecule has 0 amide bonds. The van der Waals surface area contributed by atoms with Crippen LogP contribution in [-0.4, -0.2) is 16.1 Å². The van der Waals surface area contributed by atoms with E-state index in [0.717, 1.165) is 27.9 Å². The van der Waals surface area contributed by atoms with Crippen LogP contribution in [0.5, 0.6) is 5.75 Å². The van der Waals surface area contributed by atoms with E-state index in [0.29, 0.717) is 5.13 Å². The number of aromatic nitrogens is 2. The summed E-state index contributed by atoms with van der Waals surface area (Å²) in [5.74, 6) is 0.867. The Morgan fingerprint density at radius 1 is 1.37 bits per heavy atom. The molecule has 98 valence electrons. The maximum absolute atomic E-state index is 5.73. The Morgan fingerprint density at radius 3 is 2.89 bits per heavy atom. The molecule has 5 heteroatoms. The summed E-state index contributed by atoms with van der Waals surface area (Å²) in [6.45, 7) is 4.03. The van der Waals surface area contributed by atoms with Crippen LogP contribution in [0.3, 0.4) is 0 Å². The molecule has 0 saturated carbocycles. The van der Waals surface area contributed by atoms with Crippen LogP contribution in [0.1, 0.15) is 13.8 Å². The van der Waals surface area contributed by atoms with E-state index in [1.807, 2.05) is 43.6 Å². The lowest BCUT2D eigenvalue weighted by Gasteiger charge is -2.09. The SMILES string of the molecule is CC(C)Oc1ccc2[nH]cc(-c3csc(N)n3)c2c1. The van der Waals surface area contributed by atoms with Crippen molar-refractivity contribution in [3.8, 4) is 17.0 Å². The topological polar surface area (TPSA) is 63.9 Å². The molecule has 3 aromatic rings. The third kappa shape index (κ3) is 2.29. The predicted octanol–water partition coefficient (Wildman–Crippen LogP) is 3.66. The van der Waals surface area contributed by atoms with Gasteiger partial charge in [-0.1, -0.05) is 0 Å². The van der Waals surface area contributed by atoms with E-state index in [1.165, 1.54) is 11.3 Å². The van der Waals surface area contributed by atoms with Gasteiger partial charge in [0.25, 0.3) is 0 Å². The summed E-state index contributed by atoms with van der Waals surface area (Å²) in [6.07, 6.45) is 2.12. The number of nitrogens with zero attached hydrogens (tertiary/aromatic N) is 1. The summed E-state index contributed by atoms with van der Waals surface area (Å²) in [7, 11) is 0. The average molecular weight is 273 g/mol. The van der Waals surface area contributed by atoms with Crippen molar-refractivity contribution in [2.45, 2.75) is 20.0 Å². The van der Waals surface area contributed by atoms with Crippen LogP contribution < -0.4 is 10.5 Å². The Kier molecular flexibility index (Phi) is 2.91. The first-order valence-electron chi connectivity index (χ1n) is 6.12. The molecule has 0 atom stereocenters. The number of rotatable bonds is 3. The zero-order valence-electron chi connectivity index (χ0n) is 10.8. The van der Waals surface area contributed by atoms with Gasteiger partial charge in [0, 0.05) is 28.0 Å². The molecule has 3 rings (SSSR count). The number of thiazole rings is 1. The number of benzene rings is 1. The standard InChI is InChI=1S/C14H15N3OS/c1-8(2)18-9-3-4-12-10(5-9)11(6-16-12)13-7-19-14(15)17-13/h3-8,16H,1-2H3,(H2,15,17). The van der Waals surface area contributed by atoms with E-state index in [-0.39, 0.29) is 6.10 Å². The van der Waals surface area contributed by atoms with Crippen molar-refractivity contribution in [1.29, 1.82) is 0 Å². The third-order valence-corrected chi connectivity index (χ3v) is 3.50. The summed E-state index contributed by atoms with van der Waals surface area (Å²) in [4.78, 5) is 7.57. The predicted molar refractivity (Wildman–Crippen MR) is 79.6 cm³/mol. The lowest BCUT2D eigenvalue weighted by molar-refractivity contribution is 0.243. The van der Waals surface area contributed by atoms with Gasteiger partial charge in [-0.15, -0.1) is 11.3 Å².